The predicted octanol–water partition coefficient (Wildman–Crippen LogP) is 2.48. The van der Waals surface area contributed by atoms with E-state index in [1.807, 2.05) is 12.1 Å². The van der Waals surface area contributed by atoms with Crippen molar-refractivity contribution in [2.75, 3.05) is 0 Å². The van der Waals surface area contributed by atoms with Crippen LogP contribution >= 0.6 is 0 Å². The summed E-state index contributed by atoms with van der Waals surface area (Å²) in [6.07, 6.45) is 5.49. The Labute approximate surface area is 108 Å². The molecule has 5 heteroatoms. The van der Waals surface area contributed by atoms with Gasteiger partial charge in [0.1, 0.15) is 0 Å². The van der Waals surface area contributed by atoms with Crippen LogP contribution in [0.25, 0.3) is 0 Å². The van der Waals surface area contributed by atoms with Gasteiger partial charge in [-0.05, 0) is 49.8 Å². The van der Waals surface area contributed by atoms with E-state index in [-0.39, 0.29) is 4.90 Å². The van der Waals surface area contributed by atoms with Crippen LogP contribution in [0.2, 0.25) is 0 Å². The number of hydrogen-bond acceptors (Lipinski definition) is 4. The Morgan fingerprint density at radius 3 is 2.44 bits per heavy atom. The van der Waals surface area contributed by atoms with E-state index in [2.05, 4.69) is 17.3 Å². The summed E-state index contributed by atoms with van der Waals surface area (Å²) in [7, 11) is -3.79. The molecule has 2 N–H and O–H groups in total. The largest absolute Gasteiger partial charge is 0.312 e. The van der Waals surface area contributed by atoms with Crippen molar-refractivity contribution in [1.29, 1.82) is 0 Å². The van der Waals surface area contributed by atoms with Gasteiger partial charge in [0.25, 0.3) is 0 Å². The standard InChI is InChI=1S/C13H17NO3S/c1-10-2-4-11(5-3-10)12-6-8-13(9-7-12)18(15,16)17-14/h2,6-9,11H,3-5,14H2,1H3. The quantitative estimate of drug-likeness (QED) is 0.674. The SMILES string of the molecule is CC1=CCC(c2ccc(S(=O)(=O)ON)cc2)CC1. The Kier molecular flexibility index (Phi) is 3.85. The fourth-order valence-corrected chi connectivity index (χ4v) is 2.81. The summed E-state index contributed by atoms with van der Waals surface area (Å²) < 4.78 is 26.7. The lowest BCUT2D eigenvalue weighted by atomic mass is 9.85. The van der Waals surface area contributed by atoms with Gasteiger partial charge in [-0.2, -0.15) is 18.6 Å². The highest BCUT2D eigenvalue weighted by atomic mass is 32.2. The molecule has 1 aromatic carbocycles. The Morgan fingerprint density at radius 2 is 1.94 bits per heavy atom. The van der Waals surface area contributed by atoms with Gasteiger partial charge in [0.05, 0.1) is 4.90 Å². The Hall–Kier alpha value is -1.17. The fraction of sp³-hybridized carbons (Fsp3) is 0.385. The molecule has 0 amide bonds. The van der Waals surface area contributed by atoms with E-state index in [0.29, 0.717) is 5.92 Å². The van der Waals surface area contributed by atoms with Crippen molar-refractivity contribution in [3.05, 3.63) is 41.5 Å². The van der Waals surface area contributed by atoms with Crippen LogP contribution in [-0.2, 0) is 14.4 Å². The molecule has 4 nitrogen and oxygen atoms in total. The van der Waals surface area contributed by atoms with Crippen LogP contribution in [0.4, 0.5) is 0 Å². The summed E-state index contributed by atoms with van der Waals surface area (Å²) in [4.78, 5) is 0.0938. The van der Waals surface area contributed by atoms with Crippen molar-refractivity contribution in [3.63, 3.8) is 0 Å². The molecule has 1 aliphatic rings. The lowest BCUT2D eigenvalue weighted by Gasteiger charge is -2.20. The molecule has 2 rings (SSSR count). The first-order chi connectivity index (χ1) is 8.53. The Balaban J connectivity index is 2.18. The second-order valence-electron chi connectivity index (χ2n) is 4.64. The zero-order valence-corrected chi connectivity index (χ0v) is 11.1. The number of nitrogens with two attached hydrogens (primary N) is 1. The number of benzene rings is 1. The van der Waals surface area contributed by atoms with Crippen LogP contribution in [0.5, 0.6) is 0 Å². The third kappa shape index (κ3) is 2.80. The fourth-order valence-electron chi connectivity index (χ4n) is 2.23. The van der Waals surface area contributed by atoms with Crippen molar-refractivity contribution in [2.24, 2.45) is 5.90 Å². The van der Waals surface area contributed by atoms with Crippen LogP contribution in [-0.4, -0.2) is 8.42 Å². The van der Waals surface area contributed by atoms with E-state index in [1.54, 1.807) is 12.1 Å². The molecule has 1 aromatic rings. The van der Waals surface area contributed by atoms with Crippen LogP contribution in [0.3, 0.4) is 0 Å². The highest BCUT2D eigenvalue weighted by molar-refractivity contribution is 7.86. The normalized spacial score (nSPS) is 20.6. The second-order valence-corrected chi connectivity index (χ2v) is 6.21. The molecule has 0 spiro atoms. The van der Waals surface area contributed by atoms with Gasteiger partial charge in [0, 0.05) is 0 Å². The van der Waals surface area contributed by atoms with E-state index in [9.17, 15) is 8.42 Å². The molecule has 0 radical (unpaired) electrons. The summed E-state index contributed by atoms with van der Waals surface area (Å²) in [5.74, 6) is 5.21. The number of rotatable bonds is 3. The first-order valence-corrected chi connectivity index (χ1v) is 7.33. The van der Waals surface area contributed by atoms with Crippen LogP contribution < -0.4 is 5.90 Å². The van der Waals surface area contributed by atoms with Crippen molar-refractivity contribution in [2.45, 2.75) is 37.0 Å². The van der Waals surface area contributed by atoms with Crippen molar-refractivity contribution in [3.8, 4) is 0 Å². The molecule has 0 bridgehead atoms. The number of allylic oxidation sites excluding steroid dienone is 2. The van der Waals surface area contributed by atoms with Gasteiger partial charge < -0.3 is 0 Å². The minimum absolute atomic E-state index is 0.0938. The molecule has 0 heterocycles. The molecule has 0 saturated carbocycles. The summed E-state index contributed by atoms with van der Waals surface area (Å²) >= 11 is 0. The van der Waals surface area contributed by atoms with Crippen molar-refractivity contribution < 1.29 is 12.7 Å². The summed E-state index contributed by atoms with van der Waals surface area (Å²) in [5.41, 5.74) is 2.59. The first kappa shape index (κ1) is 13.3. The van der Waals surface area contributed by atoms with Gasteiger partial charge in [-0.1, -0.05) is 23.8 Å². The highest BCUT2D eigenvalue weighted by Gasteiger charge is 2.17. The van der Waals surface area contributed by atoms with Crippen molar-refractivity contribution in [1.82, 2.24) is 0 Å². The average molecular weight is 267 g/mol. The highest BCUT2D eigenvalue weighted by Crippen LogP contribution is 2.32. The molecule has 0 saturated heterocycles. The molecule has 0 aromatic heterocycles. The first-order valence-electron chi connectivity index (χ1n) is 5.92. The third-order valence-electron chi connectivity index (χ3n) is 3.40. The molecule has 1 aliphatic carbocycles. The minimum atomic E-state index is -3.79. The van der Waals surface area contributed by atoms with Gasteiger partial charge in [0.15, 0.2) is 0 Å². The summed E-state index contributed by atoms with van der Waals surface area (Å²) in [6, 6.07) is 6.77. The maximum Gasteiger partial charge on any atom is 0.312 e. The van der Waals surface area contributed by atoms with E-state index in [0.717, 1.165) is 24.8 Å². The van der Waals surface area contributed by atoms with Crippen LogP contribution in [0.1, 0.15) is 37.7 Å². The molecule has 0 aliphatic heterocycles. The predicted molar refractivity (Wildman–Crippen MR) is 69.2 cm³/mol. The lowest BCUT2D eigenvalue weighted by Crippen LogP contribution is -2.11. The molecule has 1 atom stereocenters. The zero-order chi connectivity index (χ0) is 13.2. The maximum atomic E-state index is 11.4. The molecule has 18 heavy (non-hydrogen) atoms. The molecule has 1 unspecified atom stereocenters. The van der Waals surface area contributed by atoms with E-state index < -0.39 is 10.1 Å². The van der Waals surface area contributed by atoms with E-state index >= 15 is 0 Å². The average Bonchev–Trinajstić information content (AvgIpc) is 2.40. The lowest BCUT2D eigenvalue weighted by molar-refractivity contribution is 0.333. The third-order valence-corrected chi connectivity index (χ3v) is 4.51. The van der Waals surface area contributed by atoms with Crippen molar-refractivity contribution >= 4 is 10.1 Å². The molecular formula is C13H17NO3S. The van der Waals surface area contributed by atoms with Gasteiger partial charge in [-0.25, -0.2) is 0 Å². The van der Waals surface area contributed by atoms with Gasteiger partial charge in [-0.3, -0.25) is 0 Å². The topological polar surface area (TPSA) is 69.4 Å². The monoisotopic (exact) mass is 267 g/mol. The van der Waals surface area contributed by atoms with Gasteiger partial charge >= 0.3 is 10.1 Å². The maximum absolute atomic E-state index is 11.4. The van der Waals surface area contributed by atoms with Gasteiger partial charge in [-0.15, -0.1) is 0 Å². The Morgan fingerprint density at radius 1 is 1.28 bits per heavy atom. The zero-order valence-electron chi connectivity index (χ0n) is 10.3. The van der Waals surface area contributed by atoms with E-state index in [4.69, 9.17) is 5.90 Å². The second kappa shape index (κ2) is 5.22. The van der Waals surface area contributed by atoms with Gasteiger partial charge in [0.2, 0.25) is 0 Å². The number of hydrogen-bond donors (Lipinski definition) is 1. The van der Waals surface area contributed by atoms with E-state index in [1.165, 1.54) is 5.57 Å². The Bertz CT molecular complexity index is 546. The summed E-state index contributed by atoms with van der Waals surface area (Å²) in [5, 5.41) is 0. The molecule has 0 fully saturated rings. The minimum Gasteiger partial charge on any atom is -0.197 e. The smallest absolute Gasteiger partial charge is 0.197 e. The molecule has 98 valence electrons. The van der Waals surface area contributed by atoms with Crippen LogP contribution in [0.15, 0.2) is 40.8 Å². The molecular weight excluding hydrogens is 250 g/mol. The van der Waals surface area contributed by atoms with Crippen LogP contribution in [0, 0.1) is 0 Å². The summed E-state index contributed by atoms with van der Waals surface area (Å²) in [6.45, 7) is 2.14.